The van der Waals surface area contributed by atoms with Crippen LogP contribution < -0.4 is 0 Å². The Labute approximate surface area is 109 Å². The van der Waals surface area contributed by atoms with E-state index < -0.39 is 5.97 Å². The van der Waals surface area contributed by atoms with Crippen LogP contribution in [0.25, 0.3) is 22.2 Å². The summed E-state index contributed by atoms with van der Waals surface area (Å²) in [5.41, 5.74) is 2.90. The van der Waals surface area contributed by atoms with Crippen LogP contribution in [-0.4, -0.2) is 25.4 Å². The summed E-state index contributed by atoms with van der Waals surface area (Å²) in [6.07, 6.45) is 1.97. The summed E-state index contributed by atoms with van der Waals surface area (Å²) in [6, 6.07) is 9.59. The molecule has 19 heavy (non-hydrogen) atoms. The van der Waals surface area contributed by atoms with E-state index in [-0.39, 0.29) is 5.69 Å². The third-order valence-corrected chi connectivity index (χ3v) is 3.27. The van der Waals surface area contributed by atoms with Crippen molar-refractivity contribution < 1.29 is 9.90 Å². The molecular formula is C14H13N3O2. The van der Waals surface area contributed by atoms with E-state index in [4.69, 9.17) is 5.11 Å². The molecule has 3 aromatic rings. The Bertz CT molecular complexity index is 783. The van der Waals surface area contributed by atoms with E-state index in [2.05, 4.69) is 5.10 Å². The fraction of sp³-hybridized carbons (Fsp3) is 0.143. The minimum Gasteiger partial charge on any atom is -0.477 e. The molecule has 0 aliphatic rings. The Morgan fingerprint density at radius 3 is 2.68 bits per heavy atom. The summed E-state index contributed by atoms with van der Waals surface area (Å²) >= 11 is 0. The van der Waals surface area contributed by atoms with Gasteiger partial charge in [0.15, 0.2) is 0 Å². The standard InChI is InChI=1S/C14H13N3O2/c1-16-8-10(9-5-3-4-6-12(9)16)11-7-13(14(18)19)17(2)15-11/h3-8H,1-2H3,(H,18,19). The predicted octanol–water partition coefficient (Wildman–Crippen LogP) is 2.28. The van der Waals surface area contributed by atoms with Crippen molar-refractivity contribution in [3.63, 3.8) is 0 Å². The summed E-state index contributed by atoms with van der Waals surface area (Å²) in [5.74, 6) is -0.971. The number of aryl methyl sites for hydroxylation is 2. The lowest BCUT2D eigenvalue weighted by atomic mass is 10.1. The quantitative estimate of drug-likeness (QED) is 0.764. The molecule has 96 valence electrons. The van der Waals surface area contributed by atoms with Gasteiger partial charge in [-0.05, 0) is 12.1 Å². The third kappa shape index (κ3) is 1.71. The number of carboxylic acids is 1. The summed E-state index contributed by atoms with van der Waals surface area (Å²) in [4.78, 5) is 11.1. The topological polar surface area (TPSA) is 60.0 Å². The predicted molar refractivity (Wildman–Crippen MR) is 72.1 cm³/mol. The van der Waals surface area contributed by atoms with E-state index in [1.807, 2.05) is 42.1 Å². The van der Waals surface area contributed by atoms with Gasteiger partial charge in [0.2, 0.25) is 0 Å². The zero-order chi connectivity index (χ0) is 13.6. The smallest absolute Gasteiger partial charge is 0.354 e. The van der Waals surface area contributed by atoms with Crippen molar-refractivity contribution in [2.45, 2.75) is 0 Å². The van der Waals surface area contributed by atoms with E-state index >= 15 is 0 Å². The zero-order valence-corrected chi connectivity index (χ0v) is 10.7. The van der Waals surface area contributed by atoms with Gasteiger partial charge in [0.25, 0.3) is 0 Å². The molecule has 0 radical (unpaired) electrons. The van der Waals surface area contributed by atoms with E-state index in [1.54, 1.807) is 13.1 Å². The van der Waals surface area contributed by atoms with Gasteiger partial charge in [-0.2, -0.15) is 5.10 Å². The summed E-state index contributed by atoms with van der Waals surface area (Å²) < 4.78 is 3.40. The highest BCUT2D eigenvalue weighted by molar-refractivity contribution is 5.96. The summed E-state index contributed by atoms with van der Waals surface area (Å²) in [6.45, 7) is 0. The second-order valence-corrected chi connectivity index (χ2v) is 4.51. The van der Waals surface area contributed by atoms with Crippen LogP contribution in [0.5, 0.6) is 0 Å². The van der Waals surface area contributed by atoms with E-state index in [0.29, 0.717) is 5.69 Å². The van der Waals surface area contributed by atoms with Crippen LogP contribution in [0.3, 0.4) is 0 Å². The van der Waals surface area contributed by atoms with E-state index in [0.717, 1.165) is 16.5 Å². The van der Waals surface area contributed by atoms with Crippen molar-refractivity contribution in [1.82, 2.24) is 14.3 Å². The Hall–Kier alpha value is -2.56. The molecule has 2 aromatic heterocycles. The molecule has 0 unspecified atom stereocenters. The fourth-order valence-corrected chi connectivity index (χ4v) is 2.34. The number of fused-ring (bicyclic) bond motifs is 1. The maximum Gasteiger partial charge on any atom is 0.354 e. The Morgan fingerprint density at radius 2 is 2.00 bits per heavy atom. The Morgan fingerprint density at radius 1 is 1.26 bits per heavy atom. The number of carboxylic acid groups (broad SMARTS) is 1. The first-order valence-electron chi connectivity index (χ1n) is 5.89. The first-order valence-corrected chi connectivity index (χ1v) is 5.89. The summed E-state index contributed by atoms with van der Waals surface area (Å²) in [7, 11) is 3.60. The number of nitrogens with zero attached hydrogens (tertiary/aromatic N) is 3. The minimum absolute atomic E-state index is 0.183. The van der Waals surface area contributed by atoms with Gasteiger partial charge >= 0.3 is 5.97 Å². The molecule has 0 spiro atoms. The molecule has 0 saturated heterocycles. The molecule has 0 bridgehead atoms. The van der Waals surface area contributed by atoms with Gasteiger partial charge in [-0.25, -0.2) is 4.79 Å². The minimum atomic E-state index is -0.971. The molecule has 0 aliphatic carbocycles. The van der Waals surface area contributed by atoms with Gasteiger partial charge in [-0.3, -0.25) is 4.68 Å². The highest BCUT2D eigenvalue weighted by atomic mass is 16.4. The number of para-hydroxylation sites is 1. The molecule has 0 aliphatic heterocycles. The van der Waals surface area contributed by atoms with Crippen LogP contribution in [0.4, 0.5) is 0 Å². The number of aromatic nitrogens is 3. The molecular weight excluding hydrogens is 242 g/mol. The van der Waals surface area contributed by atoms with Crippen molar-refractivity contribution in [2.75, 3.05) is 0 Å². The molecule has 0 fully saturated rings. The highest BCUT2D eigenvalue weighted by Crippen LogP contribution is 2.29. The molecule has 0 amide bonds. The lowest BCUT2D eigenvalue weighted by Gasteiger charge is -1.94. The second-order valence-electron chi connectivity index (χ2n) is 4.51. The van der Waals surface area contributed by atoms with E-state index in [9.17, 15) is 4.79 Å². The fourth-order valence-electron chi connectivity index (χ4n) is 2.34. The van der Waals surface area contributed by atoms with Gasteiger partial charge in [-0.1, -0.05) is 18.2 Å². The largest absolute Gasteiger partial charge is 0.477 e. The van der Waals surface area contributed by atoms with Crippen molar-refractivity contribution in [3.05, 3.63) is 42.2 Å². The highest BCUT2D eigenvalue weighted by Gasteiger charge is 2.16. The number of hydrogen-bond acceptors (Lipinski definition) is 2. The molecule has 1 aromatic carbocycles. The van der Waals surface area contributed by atoms with Crippen molar-refractivity contribution >= 4 is 16.9 Å². The number of aromatic carboxylic acids is 1. The van der Waals surface area contributed by atoms with Crippen LogP contribution in [0.2, 0.25) is 0 Å². The molecule has 2 heterocycles. The van der Waals surface area contributed by atoms with Crippen molar-refractivity contribution in [1.29, 1.82) is 0 Å². The van der Waals surface area contributed by atoms with Gasteiger partial charge in [-0.15, -0.1) is 0 Å². The maximum absolute atomic E-state index is 11.1. The first-order chi connectivity index (χ1) is 9.08. The lowest BCUT2D eigenvalue weighted by Crippen LogP contribution is -2.04. The van der Waals surface area contributed by atoms with Crippen LogP contribution in [0.15, 0.2) is 36.5 Å². The Kier molecular flexibility index (Phi) is 2.41. The van der Waals surface area contributed by atoms with E-state index in [1.165, 1.54) is 4.68 Å². The van der Waals surface area contributed by atoms with Crippen LogP contribution >= 0.6 is 0 Å². The van der Waals surface area contributed by atoms with Gasteiger partial charge < -0.3 is 9.67 Å². The van der Waals surface area contributed by atoms with Crippen molar-refractivity contribution in [2.24, 2.45) is 14.1 Å². The third-order valence-electron chi connectivity index (χ3n) is 3.27. The van der Waals surface area contributed by atoms with Crippen molar-refractivity contribution in [3.8, 4) is 11.3 Å². The summed E-state index contributed by atoms with van der Waals surface area (Å²) in [5, 5.41) is 14.4. The molecule has 1 N–H and O–H groups in total. The second kappa shape index (κ2) is 3.98. The Balaban J connectivity index is 2.25. The monoisotopic (exact) mass is 255 g/mol. The van der Waals surface area contributed by atoms with Gasteiger partial charge in [0.1, 0.15) is 5.69 Å². The molecule has 0 atom stereocenters. The average Bonchev–Trinajstić information content (AvgIpc) is 2.91. The zero-order valence-electron chi connectivity index (χ0n) is 10.7. The van der Waals surface area contributed by atoms with Crippen LogP contribution in [0.1, 0.15) is 10.5 Å². The normalized spacial score (nSPS) is 11.1. The molecule has 3 rings (SSSR count). The number of benzene rings is 1. The number of rotatable bonds is 2. The average molecular weight is 255 g/mol. The van der Waals surface area contributed by atoms with Crippen LogP contribution in [-0.2, 0) is 14.1 Å². The van der Waals surface area contributed by atoms with Gasteiger partial charge in [0, 0.05) is 36.8 Å². The molecule has 5 nitrogen and oxygen atoms in total. The maximum atomic E-state index is 11.1. The SMILES string of the molecule is Cn1nc(-c2cn(C)c3ccccc23)cc1C(=O)O. The van der Waals surface area contributed by atoms with Gasteiger partial charge in [0.05, 0.1) is 5.69 Å². The van der Waals surface area contributed by atoms with Crippen LogP contribution in [0, 0.1) is 0 Å². The molecule has 5 heteroatoms. The first kappa shape index (κ1) is 11.5. The number of carbonyl (C=O) groups is 1. The lowest BCUT2D eigenvalue weighted by molar-refractivity contribution is 0.0685. The number of hydrogen-bond donors (Lipinski definition) is 1. The molecule has 0 saturated carbocycles.